The van der Waals surface area contributed by atoms with Crippen LogP contribution in [0.4, 0.5) is 0 Å². The highest BCUT2D eigenvalue weighted by Gasteiger charge is 2.15. The summed E-state index contributed by atoms with van der Waals surface area (Å²) in [6.07, 6.45) is 0. The average Bonchev–Trinajstić information content (AvgIpc) is 2.31. The number of halogens is 3. The molecule has 1 aromatic heterocycles. The van der Waals surface area contributed by atoms with Crippen LogP contribution >= 0.6 is 39.1 Å². The van der Waals surface area contributed by atoms with Gasteiger partial charge in [0.2, 0.25) is 0 Å². The van der Waals surface area contributed by atoms with Crippen LogP contribution in [-0.2, 0) is 11.3 Å². The maximum Gasteiger partial charge on any atom is 0.157 e. The molecule has 1 aromatic carbocycles. The summed E-state index contributed by atoms with van der Waals surface area (Å²) in [5.74, 6) is 0.461. The van der Waals surface area contributed by atoms with Gasteiger partial charge in [0, 0.05) is 17.1 Å². The predicted octanol–water partition coefficient (Wildman–Crippen LogP) is 4.36. The van der Waals surface area contributed by atoms with Gasteiger partial charge in [-0.1, -0.05) is 57.3 Å². The van der Waals surface area contributed by atoms with Gasteiger partial charge in [0.15, 0.2) is 5.82 Å². The standard InChI is InChI=1S/C12H9BrCl2N2O/c1-18-6-9-16-11(14)10(12(15)17-9)7-4-2-3-5-8(7)13/h2-5H,6H2,1H3. The van der Waals surface area contributed by atoms with Crippen LogP contribution < -0.4 is 0 Å². The monoisotopic (exact) mass is 346 g/mol. The van der Waals surface area contributed by atoms with Crippen LogP contribution in [0.2, 0.25) is 10.3 Å². The first kappa shape index (κ1) is 13.7. The number of hydrogen-bond donors (Lipinski definition) is 0. The molecule has 3 nitrogen and oxygen atoms in total. The van der Waals surface area contributed by atoms with Gasteiger partial charge in [0.25, 0.3) is 0 Å². The quantitative estimate of drug-likeness (QED) is 0.774. The third-order valence-electron chi connectivity index (χ3n) is 2.28. The lowest BCUT2D eigenvalue weighted by molar-refractivity contribution is 0.178. The van der Waals surface area contributed by atoms with Gasteiger partial charge in [-0.2, -0.15) is 0 Å². The van der Waals surface area contributed by atoms with Gasteiger partial charge < -0.3 is 4.74 Å². The zero-order valence-corrected chi connectivity index (χ0v) is 12.6. The molecule has 0 aliphatic heterocycles. The minimum absolute atomic E-state index is 0.273. The van der Waals surface area contributed by atoms with Crippen molar-refractivity contribution in [3.8, 4) is 11.1 Å². The minimum atomic E-state index is 0.273. The molecular formula is C12H9BrCl2N2O. The molecule has 0 saturated carbocycles. The van der Waals surface area contributed by atoms with Crippen molar-refractivity contribution < 1.29 is 4.74 Å². The molecular weight excluding hydrogens is 339 g/mol. The van der Waals surface area contributed by atoms with Crippen LogP contribution in [0, 0.1) is 0 Å². The highest BCUT2D eigenvalue weighted by molar-refractivity contribution is 9.10. The molecule has 0 aliphatic rings. The van der Waals surface area contributed by atoms with Gasteiger partial charge >= 0.3 is 0 Å². The van der Waals surface area contributed by atoms with Gasteiger partial charge in [-0.05, 0) is 6.07 Å². The van der Waals surface area contributed by atoms with Crippen molar-refractivity contribution in [3.63, 3.8) is 0 Å². The molecule has 0 spiro atoms. The summed E-state index contributed by atoms with van der Waals surface area (Å²) < 4.78 is 5.84. The normalized spacial score (nSPS) is 10.7. The third-order valence-corrected chi connectivity index (χ3v) is 3.52. The van der Waals surface area contributed by atoms with Gasteiger partial charge in [-0.3, -0.25) is 0 Å². The predicted molar refractivity (Wildman–Crippen MR) is 75.9 cm³/mol. The maximum absolute atomic E-state index is 6.16. The van der Waals surface area contributed by atoms with Gasteiger partial charge in [-0.25, -0.2) is 9.97 Å². The number of methoxy groups -OCH3 is 1. The summed E-state index contributed by atoms with van der Waals surface area (Å²) in [6, 6.07) is 7.62. The van der Waals surface area contributed by atoms with E-state index < -0.39 is 0 Å². The van der Waals surface area contributed by atoms with Crippen molar-refractivity contribution in [1.82, 2.24) is 9.97 Å². The second kappa shape index (κ2) is 5.97. The molecule has 0 aliphatic carbocycles. The van der Waals surface area contributed by atoms with Crippen LogP contribution in [0.15, 0.2) is 28.7 Å². The summed E-state index contributed by atoms with van der Waals surface area (Å²) >= 11 is 15.8. The fraction of sp³-hybridized carbons (Fsp3) is 0.167. The summed E-state index contributed by atoms with van der Waals surface area (Å²) in [5.41, 5.74) is 1.47. The van der Waals surface area contributed by atoms with Crippen LogP contribution in [0.3, 0.4) is 0 Å². The van der Waals surface area contributed by atoms with E-state index in [1.165, 1.54) is 0 Å². The Morgan fingerprint density at radius 3 is 2.33 bits per heavy atom. The molecule has 0 unspecified atom stereocenters. The molecule has 0 amide bonds. The minimum Gasteiger partial charge on any atom is -0.377 e. The number of hydrogen-bond acceptors (Lipinski definition) is 3. The Hall–Kier alpha value is -0.680. The maximum atomic E-state index is 6.16. The molecule has 6 heteroatoms. The van der Waals surface area contributed by atoms with Crippen molar-refractivity contribution >= 4 is 39.1 Å². The highest BCUT2D eigenvalue weighted by atomic mass is 79.9. The molecule has 2 aromatic rings. The fourth-order valence-corrected chi connectivity index (χ4v) is 2.64. The average molecular weight is 348 g/mol. The summed E-state index contributed by atoms with van der Waals surface area (Å²) in [4.78, 5) is 8.33. The van der Waals surface area contributed by atoms with Gasteiger partial charge in [0.05, 0.1) is 5.56 Å². The molecule has 0 saturated heterocycles. The molecule has 0 atom stereocenters. The van der Waals surface area contributed by atoms with E-state index in [0.717, 1.165) is 10.0 Å². The van der Waals surface area contributed by atoms with Crippen LogP contribution in [0.25, 0.3) is 11.1 Å². The summed E-state index contributed by atoms with van der Waals surface area (Å²) in [6.45, 7) is 0.273. The number of ether oxygens (including phenoxy) is 1. The van der Waals surface area contributed by atoms with Crippen molar-refractivity contribution in [3.05, 3.63) is 44.9 Å². The molecule has 1 heterocycles. The number of nitrogens with zero attached hydrogens (tertiary/aromatic N) is 2. The number of benzene rings is 1. The zero-order chi connectivity index (χ0) is 13.1. The van der Waals surface area contributed by atoms with E-state index in [-0.39, 0.29) is 6.61 Å². The second-order valence-corrected chi connectivity index (χ2v) is 5.08. The lowest BCUT2D eigenvalue weighted by Crippen LogP contribution is -2.00. The molecule has 94 valence electrons. The summed E-state index contributed by atoms with van der Waals surface area (Å²) in [5, 5.41) is 0.628. The first-order valence-electron chi connectivity index (χ1n) is 5.09. The van der Waals surface area contributed by atoms with E-state index in [1.807, 2.05) is 24.3 Å². The summed E-state index contributed by atoms with van der Waals surface area (Å²) in [7, 11) is 1.56. The van der Waals surface area contributed by atoms with Crippen molar-refractivity contribution in [2.45, 2.75) is 6.61 Å². The first-order chi connectivity index (χ1) is 8.63. The molecule has 18 heavy (non-hydrogen) atoms. The molecule has 0 radical (unpaired) electrons. The Bertz CT molecular complexity index is 555. The van der Waals surface area contributed by atoms with E-state index in [1.54, 1.807) is 7.11 Å². The van der Waals surface area contributed by atoms with E-state index >= 15 is 0 Å². The van der Waals surface area contributed by atoms with Crippen LogP contribution in [-0.4, -0.2) is 17.1 Å². The van der Waals surface area contributed by atoms with Gasteiger partial charge in [0.1, 0.15) is 16.9 Å². The Labute approximate surface area is 123 Å². The van der Waals surface area contributed by atoms with Crippen LogP contribution in [0.1, 0.15) is 5.82 Å². The molecule has 0 N–H and O–H groups in total. The topological polar surface area (TPSA) is 35.0 Å². The molecule has 2 rings (SSSR count). The SMILES string of the molecule is COCc1nc(Cl)c(-c2ccccc2Br)c(Cl)n1. The first-order valence-corrected chi connectivity index (χ1v) is 6.64. The lowest BCUT2D eigenvalue weighted by Gasteiger charge is -2.09. The van der Waals surface area contributed by atoms with Crippen molar-refractivity contribution in [2.24, 2.45) is 0 Å². The Morgan fingerprint density at radius 1 is 1.17 bits per heavy atom. The fourth-order valence-electron chi connectivity index (χ4n) is 1.53. The second-order valence-electron chi connectivity index (χ2n) is 3.51. The van der Waals surface area contributed by atoms with E-state index in [0.29, 0.717) is 21.7 Å². The van der Waals surface area contributed by atoms with Crippen molar-refractivity contribution in [2.75, 3.05) is 7.11 Å². The van der Waals surface area contributed by atoms with Gasteiger partial charge in [-0.15, -0.1) is 0 Å². The third kappa shape index (κ3) is 2.83. The Kier molecular flexibility index (Phi) is 4.56. The van der Waals surface area contributed by atoms with E-state index in [9.17, 15) is 0 Å². The van der Waals surface area contributed by atoms with E-state index in [2.05, 4.69) is 25.9 Å². The lowest BCUT2D eigenvalue weighted by atomic mass is 10.1. The smallest absolute Gasteiger partial charge is 0.157 e. The number of rotatable bonds is 3. The Balaban J connectivity index is 2.56. The number of aromatic nitrogens is 2. The highest BCUT2D eigenvalue weighted by Crippen LogP contribution is 2.36. The zero-order valence-electron chi connectivity index (χ0n) is 9.45. The largest absolute Gasteiger partial charge is 0.377 e. The van der Waals surface area contributed by atoms with E-state index in [4.69, 9.17) is 27.9 Å². The Morgan fingerprint density at radius 2 is 1.78 bits per heavy atom. The molecule has 0 bridgehead atoms. The van der Waals surface area contributed by atoms with Crippen molar-refractivity contribution in [1.29, 1.82) is 0 Å². The molecule has 0 fully saturated rings. The van der Waals surface area contributed by atoms with Crippen LogP contribution in [0.5, 0.6) is 0 Å².